The van der Waals surface area contributed by atoms with Gasteiger partial charge in [-0.2, -0.15) is 13.2 Å². The van der Waals surface area contributed by atoms with Gasteiger partial charge in [-0.25, -0.2) is 4.68 Å². The number of halogens is 3. The van der Waals surface area contributed by atoms with E-state index in [-0.39, 0.29) is 37.0 Å². The number of alkyl halides is 3. The minimum absolute atomic E-state index is 0. The number of nitrogens with zero attached hydrogens (tertiary/aromatic N) is 1. The minimum atomic E-state index is -4.58. The number of nitrogens with one attached hydrogen (secondary N) is 1. The topological polar surface area (TPSA) is 37.8 Å². The number of rotatable bonds is 1. The van der Waals surface area contributed by atoms with Crippen LogP contribution in [-0.2, 0) is 11.6 Å². The predicted molar refractivity (Wildman–Crippen MR) is 78.1 cm³/mol. The van der Waals surface area contributed by atoms with Crippen molar-refractivity contribution in [3.8, 4) is 5.69 Å². The Bertz CT molecular complexity index is 673. The van der Waals surface area contributed by atoms with Gasteiger partial charge in [-0.05, 0) is 23.1 Å². The Morgan fingerprint density at radius 1 is 1.10 bits per heavy atom. The van der Waals surface area contributed by atoms with E-state index >= 15 is 0 Å². The maximum Gasteiger partial charge on any atom is 2.00 e. The van der Waals surface area contributed by atoms with Crippen molar-refractivity contribution >= 4 is 23.1 Å². The van der Waals surface area contributed by atoms with E-state index in [4.69, 9.17) is 0 Å². The molecular weight excluding hydrogens is 293 g/mol. The summed E-state index contributed by atoms with van der Waals surface area (Å²) in [5.74, 6) is 0. The average molecular weight is 311 g/mol. The van der Waals surface area contributed by atoms with Crippen LogP contribution < -0.4 is 5.56 Å². The summed E-state index contributed by atoms with van der Waals surface area (Å²) in [6, 6.07) is 7.19. The van der Waals surface area contributed by atoms with Crippen molar-refractivity contribution in [2.24, 2.45) is 0 Å². The molecule has 1 N–H and O–H groups in total. The van der Waals surface area contributed by atoms with Gasteiger partial charge in [0.1, 0.15) is 5.69 Å². The standard InChI is InChI=1S/C14H15F3N2O.Mg.2H/c1-13(2,3)9-4-6-10(7-5-9)19-11(14(15,16)17)8-12(20)18-19;;;/h4-8H,1-3H3,(H,18,20);;;/q;+2;2*-1. The first-order valence-electron chi connectivity index (χ1n) is 6.09. The van der Waals surface area contributed by atoms with Crippen molar-refractivity contribution in [3.63, 3.8) is 0 Å². The molecule has 112 valence electrons. The fraction of sp³-hybridized carbons (Fsp3) is 0.357. The Labute approximate surface area is 139 Å². The van der Waals surface area contributed by atoms with Crippen molar-refractivity contribution in [3.05, 3.63) is 51.9 Å². The van der Waals surface area contributed by atoms with Gasteiger partial charge < -0.3 is 2.85 Å². The van der Waals surface area contributed by atoms with Crippen LogP contribution in [0.5, 0.6) is 0 Å². The molecule has 0 aliphatic rings. The third-order valence-corrected chi connectivity index (χ3v) is 3.01. The van der Waals surface area contributed by atoms with Gasteiger partial charge >= 0.3 is 29.2 Å². The zero-order valence-electron chi connectivity index (χ0n) is 14.1. The molecule has 21 heavy (non-hydrogen) atoms. The van der Waals surface area contributed by atoms with Crippen LogP contribution in [0.3, 0.4) is 0 Å². The molecule has 0 radical (unpaired) electrons. The number of H-pyrrole nitrogens is 1. The van der Waals surface area contributed by atoms with Crippen LogP contribution in [0.4, 0.5) is 13.2 Å². The predicted octanol–water partition coefficient (Wildman–Crippen LogP) is 3.33. The van der Waals surface area contributed by atoms with E-state index < -0.39 is 17.4 Å². The first kappa shape index (κ1) is 17.8. The summed E-state index contributed by atoms with van der Waals surface area (Å²) < 4.78 is 39.3. The van der Waals surface area contributed by atoms with Crippen LogP contribution in [0.1, 0.15) is 34.9 Å². The van der Waals surface area contributed by atoms with E-state index in [2.05, 4.69) is 5.10 Å². The molecule has 0 aliphatic heterocycles. The molecule has 0 atom stereocenters. The van der Waals surface area contributed by atoms with Crippen LogP contribution in [0, 0.1) is 0 Å². The van der Waals surface area contributed by atoms with Crippen LogP contribution in [-0.4, -0.2) is 32.8 Å². The summed E-state index contributed by atoms with van der Waals surface area (Å²) in [4.78, 5) is 11.2. The Kier molecular flexibility index (Phi) is 5.00. The SMILES string of the molecule is CC(C)(C)c1ccc(-n2[nH]c(=O)cc2C(F)(F)F)cc1.[H-].[H-].[Mg+2]. The second-order valence-corrected chi connectivity index (χ2v) is 5.64. The van der Waals surface area contributed by atoms with Gasteiger partial charge in [0.05, 0.1) is 5.69 Å². The molecule has 0 bridgehead atoms. The van der Waals surface area contributed by atoms with Gasteiger partial charge in [0.2, 0.25) is 0 Å². The normalized spacial score (nSPS) is 12.1. The van der Waals surface area contributed by atoms with E-state index in [9.17, 15) is 18.0 Å². The molecule has 0 unspecified atom stereocenters. The molecule has 0 spiro atoms. The Balaban J connectivity index is 0. The number of hydrogen-bond donors (Lipinski definition) is 1. The molecule has 0 saturated heterocycles. The van der Waals surface area contributed by atoms with Crippen LogP contribution in [0.2, 0.25) is 0 Å². The first-order valence-corrected chi connectivity index (χ1v) is 6.09. The first-order chi connectivity index (χ1) is 9.09. The second-order valence-electron chi connectivity index (χ2n) is 5.64. The minimum Gasteiger partial charge on any atom is -1.00 e. The smallest absolute Gasteiger partial charge is 1.00 e. The molecule has 2 rings (SSSR count). The van der Waals surface area contributed by atoms with Crippen molar-refractivity contribution < 1.29 is 16.0 Å². The van der Waals surface area contributed by atoms with Crippen molar-refractivity contribution in [1.82, 2.24) is 9.78 Å². The third kappa shape index (κ3) is 3.91. The third-order valence-electron chi connectivity index (χ3n) is 3.01. The molecule has 1 aromatic heterocycles. The molecule has 0 aliphatic carbocycles. The monoisotopic (exact) mass is 310 g/mol. The van der Waals surface area contributed by atoms with Crippen LogP contribution in [0.25, 0.3) is 5.69 Å². The van der Waals surface area contributed by atoms with Gasteiger partial charge in [-0.1, -0.05) is 32.9 Å². The van der Waals surface area contributed by atoms with Crippen LogP contribution in [0.15, 0.2) is 35.1 Å². The molecule has 0 fully saturated rings. The van der Waals surface area contributed by atoms with E-state index in [1.54, 1.807) is 24.3 Å². The summed E-state index contributed by atoms with van der Waals surface area (Å²) in [5.41, 5.74) is -0.602. The summed E-state index contributed by atoms with van der Waals surface area (Å²) in [7, 11) is 0. The Hall–Kier alpha value is -1.21. The van der Waals surface area contributed by atoms with E-state index in [1.165, 1.54) is 0 Å². The average Bonchev–Trinajstić information content (AvgIpc) is 2.70. The van der Waals surface area contributed by atoms with Gasteiger partial charge in [0.15, 0.2) is 0 Å². The Morgan fingerprint density at radius 3 is 2.05 bits per heavy atom. The molecule has 1 heterocycles. The van der Waals surface area contributed by atoms with Crippen LogP contribution >= 0.6 is 0 Å². The molecular formula is C14H17F3MgN2O. The second kappa shape index (κ2) is 5.88. The van der Waals surface area contributed by atoms with Crippen molar-refractivity contribution in [2.45, 2.75) is 32.4 Å². The zero-order valence-corrected chi connectivity index (χ0v) is 13.5. The van der Waals surface area contributed by atoms with Crippen molar-refractivity contribution in [1.29, 1.82) is 0 Å². The largest absolute Gasteiger partial charge is 2.00 e. The molecule has 0 amide bonds. The number of benzene rings is 1. The fourth-order valence-corrected chi connectivity index (χ4v) is 1.91. The van der Waals surface area contributed by atoms with E-state index in [1.807, 2.05) is 20.8 Å². The molecule has 1 aromatic carbocycles. The van der Waals surface area contributed by atoms with E-state index in [0.29, 0.717) is 6.07 Å². The molecule has 7 heteroatoms. The fourth-order valence-electron chi connectivity index (χ4n) is 1.91. The number of aromatic nitrogens is 2. The van der Waals surface area contributed by atoms with Gasteiger partial charge in [-0.3, -0.25) is 9.89 Å². The Morgan fingerprint density at radius 2 is 1.62 bits per heavy atom. The van der Waals surface area contributed by atoms with Gasteiger partial charge in [0, 0.05) is 6.07 Å². The zero-order chi connectivity index (χ0) is 15.1. The number of aromatic amines is 1. The molecule has 2 aromatic rings. The number of hydrogen-bond acceptors (Lipinski definition) is 1. The summed E-state index contributed by atoms with van der Waals surface area (Å²) in [5, 5.41) is 2.17. The summed E-state index contributed by atoms with van der Waals surface area (Å²) in [6.45, 7) is 6.04. The summed E-state index contributed by atoms with van der Waals surface area (Å²) in [6.07, 6.45) is -4.58. The van der Waals surface area contributed by atoms with Gasteiger partial charge in [-0.15, -0.1) is 0 Å². The van der Waals surface area contributed by atoms with Gasteiger partial charge in [0.25, 0.3) is 5.56 Å². The molecule has 0 saturated carbocycles. The maximum absolute atomic E-state index is 12.8. The molecule has 3 nitrogen and oxygen atoms in total. The quantitative estimate of drug-likeness (QED) is 0.806. The van der Waals surface area contributed by atoms with E-state index in [0.717, 1.165) is 10.2 Å². The maximum atomic E-state index is 12.8. The summed E-state index contributed by atoms with van der Waals surface area (Å²) >= 11 is 0. The van der Waals surface area contributed by atoms with Crippen molar-refractivity contribution in [2.75, 3.05) is 0 Å².